The summed E-state index contributed by atoms with van der Waals surface area (Å²) in [5.41, 5.74) is 6.69. The average molecular weight is 368 g/mol. The Morgan fingerprint density at radius 2 is 1.89 bits per heavy atom. The van der Waals surface area contributed by atoms with Crippen molar-refractivity contribution in [3.8, 4) is 0 Å². The SMILES string of the molecule is Nc1nc(Nc2ccc(I)cc2)c2ccsc2n1. The van der Waals surface area contributed by atoms with Crippen molar-refractivity contribution in [2.75, 3.05) is 11.1 Å². The van der Waals surface area contributed by atoms with E-state index in [0.29, 0.717) is 0 Å². The molecule has 0 radical (unpaired) electrons. The number of nitrogen functional groups attached to an aromatic ring is 1. The molecule has 3 rings (SSSR count). The molecular formula is C12H9IN4S. The van der Waals surface area contributed by atoms with Crippen molar-refractivity contribution < 1.29 is 0 Å². The van der Waals surface area contributed by atoms with Crippen LogP contribution in [-0.4, -0.2) is 9.97 Å². The van der Waals surface area contributed by atoms with Crippen molar-refractivity contribution in [2.45, 2.75) is 0 Å². The highest BCUT2D eigenvalue weighted by Crippen LogP contribution is 2.28. The van der Waals surface area contributed by atoms with Crippen molar-refractivity contribution >= 4 is 61.6 Å². The van der Waals surface area contributed by atoms with Gasteiger partial charge in [0, 0.05) is 9.26 Å². The maximum Gasteiger partial charge on any atom is 0.223 e. The Labute approximate surface area is 121 Å². The average Bonchev–Trinajstić information content (AvgIpc) is 2.80. The summed E-state index contributed by atoms with van der Waals surface area (Å²) in [7, 11) is 0. The predicted molar refractivity (Wildman–Crippen MR) is 84.3 cm³/mol. The molecule has 90 valence electrons. The molecule has 0 aliphatic heterocycles. The Morgan fingerprint density at radius 1 is 1.11 bits per heavy atom. The molecule has 0 aliphatic rings. The lowest BCUT2D eigenvalue weighted by molar-refractivity contribution is 1.24. The first-order valence-electron chi connectivity index (χ1n) is 5.26. The van der Waals surface area contributed by atoms with Crippen LogP contribution in [0.3, 0.4) is 0 Å². The van der Waals surface area contributed by atoms with Gasteiger partial charge in [-0.3, -0.25) is 0 Å². The predicted octanol–water partition coefficient (Wildman–Crippen LogP) is 3.62. The summed E-state index contributed by atoms with van der Waals surface area (Å²) in [6.45, 7) is 0. The van der Waals surface area contributed by atoms with Crippen molar-refractivity contribution in [1.82, 2.24) is 9.97 Å². The summed E-state index contributed by atoms with van der Waals surface area (Å²) in [5.74, 6) is 1.04. The van der Waals surface area contributed by atoms with E-state index in [4.69, 9.17) is 5.73 Å². The zero-order valence-corrected chi connectivity index (χ0v) is 12.2. The fraction of sp³-hybridized carbons (Fsp3) is 0. The number of benzene rings is 1. The molecule has 0 fully saturated rings. The van der Waals surface area contributed by atoms with E-state index < -0.39 is 0 Å². The molecule has 0 saturated heterocycles. The minimum absolute atomic E-state index is 0.290. The van der Waals surface area contributed by atoms with Crippen LogP contribution >= 0.6 is 33.9 Å². The van der Waals surface area contributed by atoms with Gasteiger partial charge >= 0.3 is 0 Å². The van der Waals surface area contributed by atoms with Gasteiger partial charge in [-0.2, -0.15) is 4.98 Å². The van der Waals surface area contributed by atoms with Crippen LogP contribution in [-0.2, 0) is 0 Å². The summed E-state index contributed by atoms with van der Waals surface area (Å²) >= 11 is 3.83. The highest BCUT2D eigenvalue weighted by atomic mass is 127. The summed E-state index contributed by atoms with van der Waals surface area (Å²) in [4.78, 5) is 9.35. The Morgan fingerprint density at radius 3 is 2.67 bits per heavy atom. The summed E-state index contributed by atoms with van der Waals surface area (Å²) in [5, 5.41) is 6.25. The number of nitrogens with zero attached hydrogens (tertiary/aromatic N) is 2. The maximum atomic E-state index is 5.70. The lowest BCUT2D eigenvalue weighted by atomic mass is 10.3. The van der Waals surface area contributed by atoms with Gasteiger partial charge in [0.05, 0.1) is 5.39 Å². The molecule has 18 heavy (non-hydrogen) atoms. The molecule has 0 bridgehead atoms. The van der Waals surface area contributed by atoms with Crippen LogP contribution in [0.5, 0.6) is 0 Å². The van der Waals surface area contributed by atoms with Gasteiger partial charge in [0.1, 0.15) is 10.6 Å². The van der Waals surface area contributed by atoms with E-state index >= 15 is 0 Å². The molecule has 3 aromatic rings. The van der Waals surface area contributed by atoms with Crippen LogP contribution in [0.25, 0.3) is 10.2 Å². The molecular weight excluding hydrogens is 359 g/mol. The van der Waals surface area contributed by atoms with Crippen LogP contribution < -0.4 is 11.1 Å². The lowest BCUT2D eigenvalue weighted by Gasteiger charge is -2.07. The fourth-order valence-corrected chi connectivity index (χ4v) is 2.77. The third-order valence-electron chi connectivity index (χ3n) is 2.45. The number of fused-ring (bicyclic) bond motifs is 1. The van der Waals surface area contributed by atoms with E-state index in [1.807, 2.05) is 35.7 Å². The number of hydrogen-bond donors (Lipinski definition) is 2. The van der Waals surface area contributed by atoms with E-state index in [2.05, 4.69) is 37.9 Å². The normalized spacial score (nSPS) is 10.7. The van der Waals surface area contributed by atoms with E-state index in [1.54, 1.807) is 11.3 Å². The van der Waals surface area contributed by atoms with E-state index in [1.165, 1.54) is 3.57 Å². The first-order chi connectivity index (χ1) is 8.72. The molecule has 0 atom stereocenters. The van der Waals surface area contributed by atoms with Crippen LogP contribution in [0, 0.1) is 3.57 Å². The monoisotopic (exact) mass is 368 g/mol. The van der Waals surface area contributed by atoms with Crippen molar-refractivity contribution in [2.24, 2.45) is 0 Å². The number of halogens is 1. The summed E-state index contributed by atoms with van der Waals surface area (Å²) < 4.78 is 1.20. The zero-order valence-electron chi connectivity index (χ0n) is 9.22. The number of rotatable bonds is 2. The van der Waals surface area contributed by atoms with Gasteiger partial charge in [-0.25, -0.2) is 4.98 Å². The molecule has 1 aromatic carbocycles. The lowest BCUT2D eigenvalue weighted by Crippen LogP contribution is -2.00. The van der Waals surface area contributed by atoms with E-state index in [9.17, 15) is 0 Å². The van der Waals surface area contributed by atoms with E-state index in [0.717, 1.165) is 21.7 Å². The van der Waals surface area contributed by atoms with Gasteiger partial charge in [-0.1, -0.05) is 0 Å². The van der Waals surface area contributed by atoms with Crippen molar-refractivity contribution in [3.63, 3.8) is 0 Å². The van der Waals surface area contributed by atoms with Gasteiger partial charge < -0.3 is 11.1 Å². The van der Waals surface area contributed by atoms with Crippen LogP contribution in [0.15, 0.2) is 35.7 Å². The summed E-state index contributed by atoms with van der Waals surface area (Å²) in [6, 6.07) is 10.1. The van der Waals surface area contributed by atoms with Crippen LogP contribution in [0.1, 0.15) is 0 Å². The number of nitrogens with one attached hydrogen (secondary N) is 1. The zero-order chi connectivity index (χ0) is 12.5. The highest BCUT2D eigenvalue weighted by Gasteiger charge is 2.07. The smallest absolute Gasteiger partial charge is 0.223 e. The van der Waals surface area contributed by atoms with Gasteiger partial charge in [0.2, 0.25) is 5.95 Å². The first kappa shape index (κ1) is 11.7. The van der Waals surface area contributed by atoms with Crippen molar-refractivity contribution in [3.05, 3.63) is 39.3 Å². The van der Waals surface area contributed by atoms with Crippen LogP contribution in [0.4, 0.5) is 17.5 Å². The molecule has 0 spiro atoms. The van der Waals surface area contributed by atoms with Gasteiger partial charge in [0.15, 0.2) is 0 Å². The third kappa shape index (κ3) is 2.25. The minimum atomic E-state index is 0.290. The summed E-state index contributed by atoms with van der Waals surface area (Å²) in [6.07, 6.45) is 0. The fourth-order valence-electron chi connectivity index (χ4n) is 1.64. The number of thiophene rings is 1. The standard InChI is InChI=1S/C12H9IN4S/c13-7-1-3-8(4-2-7)15-10-9-5-6-18-11(9)17-12(14)16-10/h1-6H,(H3,14,15,16,17). The molecule has 6 heteroatoms. The molecule has 0 aliphatic carbocycles. The second-order valence-electron chi connectivity index (χ2n) is 3.70. The number of hydrogen-bond acceptors (Lipinski definition) is 5. The second kappa shape index (κ2) is 4.69. The highest BCUT2D eigenvalue weighted by molar-refractivity contribution is 14.1. The number of aromatic nitrogens is 2. The quantitative estimate of drug-likeness (QED) is 0.679. The van der Waals surface area contributed by atoms with Crippen molar-refractivity contribution in [1.29, 1.82) is 0 Å². The third-order valence-corrected chi connectivity index (χ3v) is 3.98. The van der Waals surface area contributed by atoms with Gasteiger partial charge in [0.25, 0.3) is 0 Å². The molecule has 4 nitrogen and oxygen atoms in total. The topological polar surface area (TPSA) is 63.8 Å². The Hall–Kier alpha value is -1.41. The van der Waals surface area contributed by atoms with E-state index in [-0.39, 0.29) is 5.95 Å². The van der Waals surface area contributed by atoms with Gasteiger partial charge in [-0.15, -0.1) is 11.3 Å². The molecule has 2 heterocycles. The van der Waals surface area contributed by atoms with Gasteiger partial charge in [-0.05, 0) is 58.3 Å². The first-order valence-corrected chi connectivity index (χ1v) is 7.21. The molecule has 2 aromatic heterocycles. The largest absolute Gasteiger partial charge is 0.368 e. The molecule has 0 amide bonds. The maximum absolute atomic E-state index is 5.70. The Bertz CT molecular complexity index is 693. The number of nitrogens with two attached hydrogens (primary N) is 1. The minimum Gasteiger partial charge on any atom is -0.368 e. The molecule has 0 saturated carbocycles. The van der Waals surface area contributed by atoms with Crippen LogP contribution in [0.2, 0.25) is 0 Å². The molecule has 3 N–H and O–H groups in total. The number of anilines is 3. The second-order valence-corrected chi connectivity index (χ2v) is 5.84. The Kier molecular flexibility index (Phi) is 3.04. The Balaban J connectivity index is 2.03. The molecule has 0 unspecified atom stereocenters.